The van der Waals surface area contributed by atoms with Crippen molar-refractivity contribution in [2.75, 3.05) is 59.1 Å². The van der Waals surface area contributed by atoms with Crippen molar-refractivity contribution in [3.63, 3.8) is 0 Å². The van der Waals surface area contributed by atoms with Gasteiger partial charge in [-0.1, -0.05) is 35.6 Å². The Labute approximate surface area is 292 Å². The molecule has 0 saturated carbocycles. The second-order valence-electron chi connectivity index (χ2n) is 11.4. The minimum absolute atomic E-state index is 0.129. The molecule has 12 nitrogen and oxygen atoms in total. The summed E-state index contributed by atoms with van der Waals surface area (Å²) < 4.78 is 30.2. The summed E-state index contributed by atoms with van der Waals surface area (Å²) in [7, 11) is 3.09. The van der Waals surface area contributed by atoms with Crippen molar-refractivity contribution in [1.29, 1.82) is 0 Å². The summed E-state index contributed by atoms with van der Waals surface area (Å²) in [6.45, 7) is 5.93. The quantitative estimate of drug-likeness (QED) is 0.252. The summed E-state index contributed by atoms with van der Waals surface area (Å²) in [6.07, 6.45) is 1.75. The smallest absolute Gasteiger partial charge is 0.271 e. The summed E-state index contributed by atoms with van der Waals surface area (Å²) in [5, 5.41) is 2.96. The van der Waals surface area contributed by atoms with E-state index in [4.69, 9.17) is 28.7 Å². The summed E-state index contributed by atoms with van der Waals surface area (Å²) in [6, 6.07) is 18.8. The third kappa shape index (κ3) is 7.28. The van der Waals surface area contributed by atoms with Gasteiger partial charge in [-0.25, -0.2) is 4.99 Å². The van der Waals surface area contributed by atoms with Gasteiger partial charge in [-0.2, -0.15) is 0 Å². The highest BCUT2D eigenvalue weighted by molar-refractivity contribution is 7.07. The second kappa shape index (κ2) is 15.4. The van der Waals surface area contributed by atoms with Crippen LogP contribution >= 0.6 is 11.3 Å². The van der Waals surface area contributed by atoms with Crippen molar-refractivity contribution in [2.45, 2.75) is 19.9 Å². The molecule has 260 valence electrons. The molecule has 3 heterocycles. The van der Waals surface area contributed by atoms with Gasteiger partial charge in [0.25, 0.3) is 17.4 Å². The van der Waals surface area contributed by atoms with Gasteiger partial charge in [0.15, 0.2) is 22.9 Å². The molecule has 0 radical (unpaired) electrons. The second-order valence-corrected chi connectivity index (χ2v) is 12.4. The van der Waals surface area contributed by atoms with Gasteiger partial charge in [0, 0.05) is 30.4 Å². The lowest BCUT2D eigenvalue weighted by atomic mass is 9.94. The highest BCUT2D eigenvalue weighted by Crippen LogP contribution is 2.38. The SMILES string of the molecule is CCOc1cc(/C=c2/sc3n(c2=O)[C@@H](c2ccc(OC)cc2OC)C(C(=O)Nc2ccccc2)=C(C)N=3)ccc1OCC(=O)N1CCOCC1. The van der Waals surface area contributed by atoms with Crippen LogP contribution in [0, 0.1) is 0 Å². The van der Waals surface area contributed by atoms with Crippen LogP contribution in [0.2, 0.25) is 0 Å². The zero-order valence-corrected chi connectivity index (χ0v) is 29.1. The number of carbonyl (C=O) groups excluding carboxylic acids is 2. The Balaban J connectivity index is 1.39. The Kier molecular flexibility index (Phi) is 10.6. The van der Waals surface area contributed by atoms with Crippen LogP contribution in [0.3, 0.4) is 0 Å². The number of aromatic nitrogens is 1. The number of nitrogens with one attached hydrogen (secondary N) is 1. The number of carbonyl (C=O) groups is 2. The standard InChI is InChI=1S/C37H38N4O8S/c1-5-48-30-19-24(11-14-28(30)49-22-32(42)40-15-17-47-18-16-40)20-31-36(44)41-34(27-13-12-26(45-3)21-29(27)46-4)33(23(2)38-37(41)50-31)35(43)39-25-9-7-6-8-10-25/h6-14,19-21,34H,5,15-18,22H2,1-4H3,(H,39,43)/b31-20+/t34-/m0/s1. The van der Waals surface area contributed by atoms with Crippen LogP contribution in [-0.2, 0) is 14.3 Å². The molecule has 2 amide bonds. The number of methoxy groups -OCH3 is 2. The first-order chi connectivity index (χ1) is 24.3. The predicted octanol–water partition coefficient (Wildman–Crippen LogP) is 3.53. The molecule has 50 heavy (non-hydrogen) atoms. The largest absolute Gasteiger partial charge is 0.497 e. The third-order valence-electron chi connectivity index (χ3n) is 8.31. The normalized spacial score (nSPS) is 16.0. The molecular weight excluding hydrogens is 660 g/mol. The van der Waals surface area contributed by atoms with Gasteiger partial charge in [0.1, 0.15) is 17.5 Å². The zero-order valence-electron chi connectivity index (χ0n) is 28.3. The van der Waals surface area contributed by atoms with Gasteiger partial charge in [-0.3, -0.25) is 19.0 Å². The molecule has 1 atom stereocenters. The van der Waals surface area contributed by atoms with Crippen molar-refractivity contribution < 1.29 is 33.3 Å². The maximum absolute atomic E-state index is 14.3. The fourth-order valence-corrected chi connectivity index (χ4v) is 6.91. The fourth-order valence-electron chi connectivity index (χ4n) is 5.87. The number of anilines is 1. The van der Waals surface area contributed by atoms with Gasteiger partial charge in [0.05, 0.1) is 49.8 Å². The molecule has 2 aliphatic heterocycles. The average Bonchev–Trinajstić information content (AvgIpc) is 3.44. The van der Waals surface area contributed by atoms with E-state index >= 15 is 0 Å². The topological polar surface area (TPSA) is 130 Å². The van der Waals surface area contributed by atoms with Crippen LogP contribution in [0.15, 0.2) is 87.8 Å². The monoisotopic (exact) mass is 698 g/mol. The van der Waals surface area contributed by atoms with Crippen molar-refractivity contribution in [3.8, 4) is 23.0 Å². The number of amides is 2. The first-order valence-electron chi connectivity index (χ1n) is 16.2. The Morgan fingerprint density at radius 3 is 2.48 bits per heavy atom. The first kappa shape index (κ1) is 34.5. The fraction of sp³-hybridized carbons (Fsp3) is 0.297. The number of para-hydroxylation sites is 1. The molecule has 2 aliphatic rings. The van der Waals surface area contributed by atoms with Crippen molar-refractivity contribution in [3.05, 3.63) is 109 Å². The summed E-state index contributed by atoms with van der Waals surface area (Å²) in [5.74, 6) is 1.36. The van der Waals surface area contributed by atoms with Crippen LogP contribution in [0.1, 0.15) is 31.0 Å². The Morgan fingerprint density at radius 1 is 0.980 bits per heavy atom. The molecule has 0 unspecified atom stereocenters. The maximum atomic E-state index is 14.3. The molecule has 1 aromatic heterocycles. The number of fused-ring (bicyclic) bond motifs is 1. The average molecular weight is 699 g/mol. The number of morpholine rings is 1. The van der Waals surface area contributed by atoms with Crippen LogP contribution in [0.4, 0.5) is 5.69 Å². The lowest BCUT2D eigenvalue weighted by Crippen LogP contribution is -2.43. The molecule has 1 N–H and O–H groups in total. The number of benzene rings is 3. The number of ether oxygens (including phenoxy) is 5. The molecule has 6 rings (SSSR count). The van der Waals surface area contributed by atoms with E-state index in [1.54, 1.807) is 73.5 Å². The molecular formula is C37H38N4O8S. The number of nitrogens with zero attached hydrogens (tertiary/aromatic N) is 3. The maximum Gasteiger partial charge on any atom is 0.271 e. The van der Waals surface area contributed by atoms with Crippen LogP contribution < -0.4 is 39.2 Å². The molecule has 1 fully saturated rings. The van der Waals surface area contributed by atoms with Gasteiger partial charge in [-0.05, 0) is 61.9 Å². The van der Waals surface area contributed by atoms with Gasteiger partial charge >= 0.3 is 0 Å². The number of hydrogen-bond acceptors (Lipinski definition) is 10. The van der Waals surface area contributed by atoms with Gasteiger partial charge < -0.3 is 33.9 Å². The third-order valence-corrected chi connectivity index (χ3v) is 9.30. The Bertz CT molecular complexity index is 2100. The zero-order chi connectivity index (χ0) is 35.2. The molecule has 1 saturated heterocycles. The lowest BCUT2D eigenvalue weighted by Gasteiger charge is -2.26. The van der Waals surface area contributed by atoms with Gasteiger partial charge in [-0.15, -0.1) is 0 Å². The Hall–Kier alpha value is -5.40. The van der Waals surface area contributed by atoms with E-state index in [1.165, 1.54) is 23.0 Å². The first-order valence-corrected chi connectivity index (χ1v) is 17.0. The number of hydrogen-bond donors (Lipinski definition) is 1. The van der Waals surface area contributed by atoms with E-state index in [9.17, 15) is 14.4 Å². The van der Waals surface area contributed by atoms with E-state index < -0.39 is 11.9 Å². The summed E-state index contributed by atoms with van der Waals surface area (Å²) in [5.41, 5.74) is 2.34. The number of allylic oxidation sites excluding steroid dienone is 1. The number of thiazole rings is 1. The van der Waals surface area contributed by atoms with Crippen molar-refractivity contribution in [1.82, 2.24) is 9.47 Å². The number of rotatable bonds is 11. The van der Waals surface area contributed by atoms with Crippen LogP contribution in [-0.4, -0.2) is 75.0 Å². The summed E-state index contributed by atoms with van der Waals surface area (Å²) >= 11 is 1.22. The molecule has 0 spiro atoms. The molecule has 3 aromatic carbocycles. The molecule has 13 heteroatoms. The summed E-state index contributed by atoms with van der Waals surface area (Å²) in [4.78, 5) is 47.8. The highest BCUT2D eigenvalue weighted by Gasteiger charge is 2.34. The minimum Gasteiger partial charge on any atom is -0.497 e. The van der Waals surface area contributed by atoms with Crippen molar-refractivity contribution in [2.24, 2.45) is 4.99 Å². The van der Waals surface area contributed by atoms with Crippen LogP contribution in [0.5, 0.6) is 23.0 Å². The minimum atomic E-state index is -0.850. The van der Waals surface area contributed by atoms with Crippen LogP contribution in [0.25, 0.3) is 6.08 Å². The van der Waals surface area contributed by atoms with E-state index in [2.05, 4.69) is 5.32 Å². The van der Waals surface area contributed by atoms with Gasteiger partial charge in [0.2, 0.25) is 0 Å². The van der Waals surface area contributed by atoms with Crippen molar-refractivity contribution >= 4 is 34.9 Å². The van der Waals surface area contributed by atoms with E-state index in [-0.39, 0.29) is 18.1 Å². The molecule has 4 aromatic rings. The Morgan fingerprint density at radius 2 is 1.76 bits per heavy atom. The molecule has 0 aliphatic carbocycles. The highest BCUT2D eigenvalue weighted by atomic mass is 32.1. The van der Waals surface area contributed by atoms with E-state index in [0.717, 1.165) is 0 Å². The van der Waals surface area contributed by atoms with E-state index in [0.29, 0.717) is 93.3 Å². The van der Waals surface area contributed by atoms with E-state index in [1.807, 2.05) is 25.1 Å². The predicted molar refractivity (Wildman–Crippen MR) is 189 cm³/mol. The lowest BCUT2D eigenvalue weighted by molar-refractivity contribution is -0.137. The molecule has 0 bridgehead atoms.